The molecule has 1 atom stereocenters. The van der Waals surface area contributed by atoms with Gasteiger partial charge in [0.1, 0.15) is 11.8 Å². The van der Waals surface area contributed by atoms with Gasteiger partial charge in [-0.05, 0) is 69.4 Å². The van der Waals surface area contributed by atoms with Gasteiger partial charge < -0.3 is 19.9 Å². The van der Waals surface area contributed by atoms with E-state index in [-0.39, 0.29) is 35.6 Å². The van der Waals surface area contributed by atoms with E-state index in [9.17, 15) is 18.0 Å². The molecule has 2 aromatic carbocycles. The van der Waals surface area contributed by atoms with Crippen molar-refractivity contribution in [3.63, 3.8) is 0 Å². The molecule has 1 saturated heterocycles. The predicted molar refractivity (Wildman–Crippen MR) is 152 cm³/mol. The van der Waals surface area contributed by atoms with Gasteiger partial charge in [-0.2, -0.15) is 23.1 Å². The zero-order valence-electron chi connectivity index (χ0n) is 23.9. The third kappa shape index (κ3) is 6.94. The molecular formula is C31H36F3N5O3. The number of ether oxygens (including phenoxy) is 1. The first-order chi connectivity index (χ1) is 20.1. The number of carbonyl (C=O) groups excluding carboxylic acids is 1. The number of amides is 1. The summed E-state index contributed by atoms with van der Waals surface area (Å²) < 4.78 is 53.0. The van der Waals surface area contributed by atoms with Gasteiger partial charge in [0.05, 0.1) is 12.2 Å². The van der Waals surface area contributed by atoms with E-state index in [0.29, 0.717) is 24.4 Å². The molecule has 1 aliphatic heterocycles. The van der Waals surface area contributed by atoms with Crippen LogP contribution in [0, 0.1) is 19.8 Å². The molecule has 5 rings (SSSR count). The Hall–Kier alpha value is -3.89. The molecule has 0 bridgehead atoms. The number of nitrogens with two attached hydrogens (primary N) is 1. The minimum atomic E-state index is -4.61. The molecule has 1 aromatic heterocycles. The third-order valence-corrected chi connectivity index (χ3v) is 8.01. The fraction of sp³-hybridized carbons (Fsp3) is 0.484. The number of halogens is 3. The smallest absolute Gasteiger partial charge is 0.419 e. The Kier molecular flexibility index (Phi) is 8.84. The van der Waals surface area contributed by atoms with Crippen LogP contribution in [0.1, 0.15) is 90.3 Å². The van der Waals surface area contributed by atoms with E-state index in [1.165, 1.54) is 31.4 Å². The van der Waals surface area contributed by atoms with Gasteiger partial charge in [-0.25, -0.2) is 0 Å². The number of alkyl halides is 3. The van der Waals surface area contributed by atoms with Gasteiger partial charge in [0.2, 0.25) is 11.7 Å². The second-order valence-electron chi connectivity index (χ2n) is 11.3. The quantitative estimate of drug-likeness (QED) is 0.235. The molecular weight excluding hydrogens is 547 g/mol. The summed E-state index contributed by atoms with van der Waals surface area (Å²) in [6.45, 7) is 4.56. The van der Waals surface area contributed by atoms with Crippen molar-refractivity contribution < 1.29 is 27.2 Å². The van der Waals surface area contributed by atoms with Crippen LogP contribution in [0.5, 0.6) is 5.75 Å². The van der Waals surface area contributed by atoms with Crippen molar-refractivity contribution in [3.8, 4) is 17.1 Å². The van der Waals surface area contributed by atoms with Crippen molar-refractivity contribution in [2.45, 2.75) is 77.4 Å². The molecule has 2 fully saturated rings. The number of hydrogen-bond acceptors (Lipinski definition) is 5. The standard InChI is InChI=1S/C31H36F3N5O3/c1-19-15-20(2)17-23(16-19)28(40)37-30(35)39-13-6-9-25(39)29-36-27(38-42-29)22-10-11-26(24(18-22)31(32,33)34)41-14-12-21-7-4-3-5-8-21/h10-11,15-18,21,25H,3-9,12-14H2,1-2H3,(H2,35,37,40). The number of guanidine groups is 1. The summed E-state index contributed by atoms with van der Waals surface area (Å²) >= 11 is 0. The lowest BCUT2D eigenvalue weighted by Gasteiger charge is -2.22. The van der Waals surface area contributed by atoms with Crippen LogP contribution in [0.4, 0.5) is 13.2 Å². The van der Waals surface area contributed by atoms with E-state index in [4.69, 9.17) is 15.0 Å². The van der Waals surface area contributed by atoms with Crippen LogP contribution in [0.25, 0.3) is 11.4 Å². The fourth-order valence-electron chi connectivity index (χ4n) is 5.94. The van der Waals surface area contributed by atoms with E-state index in [2.05, 4.69) is 15.1 Å². The maximum absolute atomic E-state index is 14.0. The van der Waals surface area contributed by atoms with Crippen LogP contribution in [0.2, 0.25) is 0 Å². The van der Waals surface area contributed by atoms with Gasteiger partial charge in [0.25, 0.3) is 5.91 Å². The number of rotatable bonds is 7. The van der Waals surface area contributed by atoms with Crippen molar-refractivity contribution in [2.75, 3.05) is 13.2 Å². The first-order valence-electron chi connectivity index (χ1n) is 14.5. The first kappa shape index (κ1) is 29.6. The molecule has 224 valence electrons. The van der Waals surface area contributed by atoms with Gasteiger partial charge >= 0.3 is 6.18 Å². The average molecular weight is 584 g/mol. The first-order valence-corrected chi connectivity index (χ1v) is 14.5. The molecule has 2 heterocycles. The summed E-state index contributed by atoms with van der Waals surface area (Å²) in [7, 11) is 0. The fourth-order valence-corrected chi connectivity index (χ4v) is 5.94. The van der Waals surface area contributed by atoms with E-state index in [0.717, 1.165) is 42.9 Å². The molecule has 1 aliphatic carbocycles. The van der Waals surface area contributed by atoms with E-state index >= 15 is 0 Å². The van der Waals surface area contributed by atoms with Gasteiger partial charge in [0, 0.05) is 17.7 Å². The summed E-state index contributed by atoms with van der Waals surface area (Å²) in [4.78, 5) is 23.0. The highest BCUT2D eigenvalue weighted by Crippen LogP contribution is 2.39. The van der Waals surface area contributed by atoms with Crippen molar-refractivity contribution in [2.24, 2.45) is 16.6 Å². The normalized spacial score (nSPS) is 18.5. The summed E-state index contributed by atoms with van der Waals surface area (Å²) in [5, 5.41) is 3.96. The number of nitrogens with zero attached hydrogens (tertiary/aromatic N) is 4. The highest BCUT2D eigenvalue weighted by Gasteiger charge is 2.36. The minimum absolute atomic E-state index is 0.0236. The topological polar surface area (TPSA) is 107 Å². The molecule has 42 heavy (non-hydrogen) atoms. The number of aromatic nitrogens is 2. The molecule has 1 unspecified atom stereocenters. The van der Waals surface area contributed by atoms with Crippen LogP contribution in [-0.4, -0.2) is 40.1 Å². The van der Waals surface area contributed by atoms with Gasteiger partial charge in [-0.3, -0.25) is 4.79 Å². The van der Waals surface area contributed by atoms with Crippen LogP contribution >= 0.6 is 0 Å². The lowest BCUT2D eigenvalue weighted by Crippen LogP contribution is -2.37. The van der Waals surface area contributed by atoms with E-state index < -0.39 is 23.7 Å². The molecule has 11 heteroatoms. The highest BCUT2D eigenvalue weighted by molar-refractivity contribution is 6.02. The van der Waals surface area contributed by atoms with Crippen molar-refractivity contribution >= 4 is 11.9 Å². The van der Waals surface area contributed by atoms with Crippen LogP contribution in [-0.2, 0) is 6.18 Å². The zero-order chi connectivity index (χ0) is 29.9. The number of hydrogen-bond donors (Lipinski definition) is 1. The van der Waals surface area contributed by atoms with Crippen LogP contribution in [0.15, 0.2) is 45.9 Å². The summed E-state index contributed by atoms with van der Waals surface area (Å²) in [6.07, 6.45) is 3.25. The molecule has 3 aromatic rings. The Balaban J connectivity index is 1.31. The largest absolute Gasteiger partial charge is 0.493 e. The van der Waals surface area contributed by atoms with Crippen LogP contribution in [0.3, 0.4) is 0 Å². The lowest BCUT2D eigenvalue weighted by atomic mass is 9.87. The van der Waals surface area contributed by atoms with Crippen LogP contribution < -0.4 is 10.5 Å². The summed E-state index contributed by atoms with van der Waals surface area (Å²) in [5.74, 6) is 0.0839. The Morgan fingerprint density at radius 1 is 1.07 bits per heavy atom. The highest BCUT2D eigenvalue weighted by atomic mass is 19.4. The Morgan fingerprint density at radius 3 is 2.52 bits per heavy atom. The summed E-state index contributed by atoms with van der Waals surface area (Å²) in [5.41, 5.74) is 7.84. The molecule has 1 saturated carbocycles. The van der Waals surface area contributed by atoms with Crippen molar-refractivity contribution in [1.82, 2.24) is 15.0 Å². The number of benzene rings is 2. The number of carbonyl (C=O) groups is 1. The van der Waals surface area contributed by atoms with E-state index in [1.807, 2.05) is 19.9 Å². The number of aryl methyl sites for hydroxylation is 2. The zero-order valence-corrected chi connectivity index (χ0v) is 23.9. The Labute approximate surface area is 243 Å². The van der Waals surface area contributed by atoms with Crippen molar-refractivity contribution in [3.05, 3.63) is 64.5 Å². The number of likely N-dealkylation sites (tertiary alicyclic amines) is 1. The summed E-state index contributed by atoms with van der Waals surface area (Å²) in [6, 6.07) is 8.83. The average Bonchev–Trinajstić information content (AvgIpc) is 3.63. The minimum Gasteiger partial charge on any atom is -0.493 e. The molecule has 2 N–H and O–H groups in total. The number of aliphatic imine (C=N–C) groups is 1. The predicted octanol–water partition coefficient (Wildman–Crippen LogP) is 7.01. The molecule has 1 amide bonds. The molecule has 2 aliphatic rings. The maximum atomic E-state index is 14.0. The van der Waals surface area contributed by atoms with Gasteiger partial charge in [0.15, 0.2) is 5.96 Å². The van der Waals surface area contributed by atoms with Gasteiger partial charge in [-0.1, -0.05) is 54.5 Å². The van der Waals surface area contributed by atoms with Gasteiger partial charge in [-0.15, -0.1) is 0 Å². The third-order valence-electron chi connectivity index (χ3n) is 8.01. The monoisotopic (exact) mass is 583 g/mol. The lowest BCUT2D eigenvalue weighted by molar-refractivity contribution is -0.138. The Morgan fingerprint density at radius 2 is 1.81 bits per heavy atom. The molecule has 0 radical (unpaired) electrons. The SMILES string of the molecule is Cc1cc(C)cc(C(=O)N=C(N)N2CCCC2c2nc(-c3ccc(OCCC4CCCCC4)c(C(F)(F)F)c3)no2)c1. The van der Waals surface area contributed by atoms with Crippen molar-refractivity contribution in [1.29, 1.82) is 0 Å². The molecule has 8 nitrogen and oxygen atoms in total. The second-order valence-corrected chi connectivity index (χ2v) is 11.3. The Bertz CT molecular complexity index is 1430. The van der Waals surface area contributed by atoms with E-state index in [1.54, 1.807) is 17.0 Å². The maximum Gasteiger partial charge on any atom is 0.419 e. The molecule has 0 spiro atoms. The second kappa shape index (κ2) is 12.5.